The van der Waals surface area contributed by atoms with E-state index in [4.69, 9.17) is 11.5 Å². The number of aromatic nitrogens is 2. The Bertz CT molecular complexity index is 585. The van der Waals surface area contributed by atoms with E-state index in [9.17, 15) is 9.18 Å². The van der Waals surface area contributed by atoms with Gasteiger partial charge in [0.15, 0.2) is 5.16 Å². The topological polar surface area (TPSA) is 94.9 Å². The Balaban J connectivity index is 2.31. The van der Waals surface area contributed by atoms with E-state index >= 15 is 0 Å². The first-order chi connectivity index (χ1) is 8.58. The Morgan fingerprint density at radius 3 is 2.39 bits per heavy atom. The largest absolute Gasteiger partial charge is 0.383 e. The van der Waals surface area contributed by atoms with Gasteiger partial charge < -0.3 is 11.5 Å². The lowest BCUT2D eigenvalue weighted by atomic mass is 10.2. The molecular formula is C11H9FN4OS. The second-order valence-corrected chi connectivity index (χ2v) is 4.42. The smallest absolute Gasteiger partial charge is 0.196 e. The van der Waals surface area contributed by atoms with E-state index < -0.39 is 5.82 Å². The van der Waals surface area contributed by atoms with Gasteiger partial charge in [0.2, 0.25) is 0 Å². The number of hydrogen-bond donors (Lipinski definition) is 2. The normalized spacial score (nSPS) is 10.3. The number of hydrogen-bond acceptors (Lipinski definition) is 6. The third-order valence-electron chi connectivity index (χ3n) is 2.04. The molecule has 92 valence electrons. The maximum Gasteiger partial charge on any atom is 0.196 e. The molecule has 0 saturated heterocycles. The highest BCUT2D eigenvalue weighted by Crippen LogP contribution is 2.28. The Morgan fingerprint density at radius 1 is 1.17 bits per heavy atom. The van der Waals surface area contributed by atoms with E-state index in [1.807, 2.05) is 0 Å². The molecule has 7 heteroatoms. The summed E-state index contributed by atoms with van der Waals surface area (Å²) in [4.78, 5) is 18.6. The molecule has 0 unspecified atom stereocenters. The van der Waals surface area contributed by atoms with Crippen molar-refractivity contribution in [2.24, 2.45) is 0 Å². The van der Waals surface area contributed by atoms with Crippen molar-refractivity contribution in [1.29, 1.82) is 0 Å². The zero-order valence-electron chi connectivity index (χ0n) is 9.13. The summed E-state index contributed by atoms with van der Waals surface area (Å²) in [6.45, 7) is 0. The first-order valence-corrected chi connectivity index (χ1v) is 5.73. The lowest BCUT2D eigenvalue weighted by Gasteiger charge is -2.04. The fraction of sp³-hybridized carbons (Fsp3) is 0. The van der Waals surface area contributed by atoms with Crippen molar-refractivity contribution in [1.82, 2.24) is 9.97 Å². The summed E-state index contributed by atoms with van der Waals surface area (Å²) in [5.74, 6) is -0.0842. The molecule has 1 aromatic heterocycles. The van der Waals surface area contributed by atoms with E-state index in [0.29, 0.717) is 11.2 Å². The van der Waals surface area contributed by atoms with Gasteiger partial charge in [-0.25, -0.2) is 14.4 Å². The van der Waals surface area contributed by atoms with Gasteiger partial charge in [0.05, 0.1) is 4.90 Å². The molecule has 0 fully saturated rings. The van der Waals surface area contributed by atoms with Crippen molar-refractivity contribution in [2.75, 3.05) is 11.5 Å². The molecule has 2 rings (SSSR count). The van der Waals surface area contributed by atoms with Gasteiger partial charge in [-0.3, -0.25) is 4.79 Å². The van der Waals surface area contributed by atoms with Gasteiger partial charge in [-0.15, -0.1) is 0 Å². The van der Waals surface area contributed by atoms with Crippen molar-refractivity contribution in [3.05, 3.63) is 35.6 Å². The number of halogens is 1. The summed E-state index contributed by atoms with van der Waals surface area (Å²) < 4.78 is 13.6. The predicted octanol–water partition coefficient (Wildman–Crippen LogP) is 1.74. The van der Waals surface area contributed by atoms with Gasteiger partial charge >= 0.3 is 0 Å². The number of anilines is 2. The van der Waals surface area contributed by atoms with Crippen LogP contribution in [0, 0.1) is 5.82 Å². The first-order valence-electron chi connectivity index (χ1n) is 4.91. The number of nitrogen functional groups attached to an aromatic ring is 2. The van der Waals surface area contributed by atoms with Gasteiger partial charge in [-0.2, -0.15) is 0 Å². The monoisotopic (exact) mass is 264 g/mol. The van der Waals surface area contributed by atoms with Gasteiger partial charge in [-0.1, -0.05) is 6.07 Å². The molecule has 0 aliphatic carbocycles. The van der Waals surface area contributed by atoms with Crippen molar-refractivity contribution in [2.45, 2.75) is 10.1 Å². The minimum absolute atomic E-state index is 0.218. The molecule has 0 bridgehead atoms. The highest BCUT2D eigenvalue weighted by molar-refractivity contribution is 7.99. The number of nitrogens with zero attached hydrogens (tertiary/aromatic N) is 2. The number of carbonyl (C=O) groups excluding carboxylic acids is 1. The molecule has 2 aromatic rings. The molecule has 4 N–H and O–H groups in total. The quantitative estimate of drug-likeness (QED) is 0.647. The number of carbonyl (C=O) groups is 1. The van der Waals surface area contributed by atoms with Crippen LogP contribution in [0.25, 0.3) is 0 Å². The minimum atomic E-state index is -0.519. The number of rotatable bonds is 3. The number of aldehydes is 1. The van der Waals surface area contributed by atoms with Gasteiger partial charge in [-0.05, 0) is 23.9 Å². The average Bonchev–Trinajstić information content (AvgIpc) is 2.30. The summed E-state index contributed by atoms with van der Waals surface area (Å²) in [7, 11) is 0. The third-order valence-corrected chi connectivity index (χ3v) is 2.95. The lowest BCUT2D eigenvalue weighted by molar-refractivity contribution is 0.112. The maximum absolute atomic E-state index is 13.6. The van der Waals surface area contributed by atoms with Crippen LogP contribution >= 0.6 is 11.8 Å². The Morgan fingerprint density at radius 2 is 1.83 bits per heavy atom. The van der Waals surface area contributed by atoms with E-state index in [1.54, 1.807) is 0 Å². The summed E-state index contributed by atoms with van der Waals surface area (Å²) >= 11 is 0.989. The van der Waals surface area contributed by atoms with Crippen LogP contribution in [0.1, 0.15) is 10.4 Å². The molecule has 1 aromatic carbocycles. The zero-order valence-corrected chi connectivity index (χ0v) is 9.95. The van der Waals surface area contributed by atoms with Gasteiger partial charge in [0.1, 0.15) is 23.7 Å². The van der Waals surface area contributed by atoms with Crippen LogP contribution < -0.4 is 11.5 Å². The lowest BCUT2D eigenvalue weighted by Crippen LogP contribution is -1.99. The summed E-state index contributed by atoms with van der Waals surface area (Å²) in [6.07, 6.45) is 0.576. The molecule has 0 saturated carbocycles. The van der Waals surface area contributed by atoms with Crippen molar-refractivity contribution in [3.8, 4) is 0 Å². The summed E-state index contributed by atoms with van der Waals surface area (Å²) in [5.41, 5.74) is 11.3. The van der Waals surface area contributed by atoms with Crippen LogP contribution in [-0.4, -0.2) is 16.3 Å². The number of nitrogens with two attached hydrogens (primary N) is 2. The van der Waals surface area contributed by atoms with Crippen molar-refractivity contribution in [3.63, 3.8) is 0 Å². The number of benzene rings is 1. The van der Waals surface area contributed by atoms with Gasteiger partial charge in [0.25, 0.3) is 0 Å². The molecule has 0 aliphatic heterocycles. The first kappa shape index (κ1) is 12.3. The minimum Gasteiger partial charge on any atom is -0.383 e. The fourth-order valence-corrected chi connectivity index (χ4v) is 2.07. The van der Waals surface area contributed by atoms with Crippen molar-refractivity contribution < 1.29 is 9.18 Å². The average molecular weight is 264 g/mol. The zero-order chi connectivity index (χ0) is 13.1. The van der Waals surface area contributed by atoms with Gasteiger partial charge in [0, 0.05) is 11.6 Å². The summed E-state index contributed by atoms with van der Waals surface area (Å²) in [6, 6.07) is 5.54. The Labute approximate surface area is 106 Å². The van der Waals surface area contributed by atoms with Crippen LogP contribution in [0.5, 0.6) is 0 Å². The molecule has 0 spiro atoms. The van der Waals surface area contributed by atoms with E-state index in [-0.39, 0.29) is 22.4 Å². The van der Waals surface area contributed by atoms with Crippen LogP contribution in [0.2, 0.25) is 0 Å². The summed E-state index contributed by atoms with van der Waals surface area (Å²) in [5, 5.41) is 0.255. The predicted molar refractivity (Wildman–Crippen MR) is 66.8 cm³/mol. The second kappa shape index (κ2) is 5.01. The third kappa shape index (κ3) is 2.75. The molecule has 18 heavy (non-hydrogen) atoms. The molecule has 0 radical (unpaired) electrons. The van der Waals surface area contributed by atoms with Crippen molar-refractivity contribution >= 4 is 29.7 Å². The van der Waals surface area contributed by atoms with Crippen LogP contribution in [0.3, 0.4) is 0 Å². The molecule has 0 atom stereocenters. The molecule has 1 heterocycles. The Kier molecular flexibility index (Phi) is 3.42. The second-order valence-electron chi connectivity index (χ2n) is 3.41. The van der Waals surface area contributed by atoms with E-state index in [0.717, 1.165) is 17.8 Å². The van der Waals surface area contributed by atoms with Crippen LogP contribution in [0.4, 0.5) is 16.0 Å². The molecule has 0 aliphatic rings. The SMILES string of the molecule is Nc1cc(N)nc(Sc2ccc(C=O)cc2F)n1. The molecular weight excluding hydrogens is 255 g/mol. The standard InChI is InChI=1S/C11H9FN4OS/c12-7-3-6(5-17)1-2-8(7)18-11-15-9(13)4-10(14)16-11/h1-5H,(H4,13,14,15,16). The van der Waals surface area contributed by atoms with E-state index in [2.05, 4.69) is 9.97 Å². The molecule has 0 amide bonds. The van der Waals surface area contributed by atoms with E-state index in [1.165, 1.54) is 18.2 Å². The highest BCUT2D eigenvalue weighted by Gasteiger charge is 2.08. The molecule has 5 nitrogen and oxygen atoms in total. The highest BCUT2D eigenvalue weighted by atomic mass is 32.2. The maximum atomic E-state index is 13.6. The Hall–Kier alpha value is -2.15. The van der Waals surface area contributed by atoms with Crippen LogP contribution in [0.15, 0.2) is 34.3 Å². The van der Waals surface area contributed by atoms with Crippen LogP contribution in [-0.2, 0) is 0 Å². The fourth-order valence-electron chi connectivity index (χ4n) is 1.28.